The van der Waals surface area contributed by atoms with Crippen LogP contribution in [0.3, 0.4) is 0 Å². The highest BCUT2D eigenvalue weighted by Crippen LogP contribution is 2.24. The topological polar surface area (TPSA) is 63.1 Å². The highest BCUT2D eigenvalue weighted by atomic mass is 19.1. The van der Waals surface area contributed by atoms with Crippen molar-refractivity contribution in [1.29, 1.82) is 0 Å². The van der Waals surface area contributed by atoms with Crippen molar-refractivity contribution in [2.75, 3.05) is 5.43 Å². The van der Waals surface area contributed by atoms with E-state index in [0.29, 0.717) is 17.2 Å². The maximum absolute atomic E-state index is 13.7. The summed E-state index contributed by atoms with van der Waals surface area (Å²) >= 11 is 0. The lowest BCUT2D eigenvalue weighted by Crippen LogP contribution is -2.00. The monoisotopic (exact) mass is 343 g/mol. The number of para-hydroxylation sites is 1. The summed E-state index contributed by atoms with van der Waals surface area (Å²) in [6.45, 7) is 0. The van der Waals surface area contributed by atoms with Crippen LogP contribution in [0.4, 0.5) is 10.2 Å². The highest BCUT2D eigenvalue weighted by Gasteiger charge is 2.09. The average molecular weight is 343 g/mol. The number of hydrogen-bond acceptors (Lipinski definition) is 5. The summed E-state index contributed by atoms with van der Waals surface area (Å²) in [5, 5.41) is 4.96. The molecule has 0 radical (unpaired) electrons. The molecule has 0 aliphatic carbocycles. The Labute approximate surface area is 149 Å². The molecule has 0 atom stereocenters. The van der Waals surface area contributed by atoms with E-state index >= 15 is 0 Å². The van der Waals surface area contributed by atoms with Crippen LogP contribution < -0.4 is 5.43 Å². The van der Waals surface area contributed by atoms with Gasteiger partial charge in [-0.25, -0.2) is 14.4 Å². The van der Waals surface area contributed by atoms with Crippen LogP contribution >= 0.6 is 0 Å². The first-order chi connectivity index (χ1) is 12.8. The zero-order valence-corrected chi connectivity index (χ0v) is 13.7. The van der Waals surface area contributed by atoms with Gasteiger partial charge < -0.3 is 0 Å². The number of hydrogen-bond donors (Lipinski definition) is 1. The smallest absolute Gasteiger partial charge is 0.163 e. The number of hydrazone groups is 1. The normalized spacial score (nSPS) is 11.1. The largest absolute Gasteiger partial charge is 0.264 e. The number of aromatic nitrogens is 3. The standard InChI is InChI=1S/C20H14FN5/c21-17-9-3-1-6-14(17)13-23-26-20-16-8-2-4-10-18(16)24-19(25-20)15-7-5-11-22-12-15/h1-13H,(H,24,25,26). The molecule has 0 aliphatic rings. The number of anilines is 1. The van der Waals surface area contributed by atoms with Gasteiger partial charge in [-0.05, 0) is 30.3 Å². The van der Waals surface area contributed by atoms with E-state index in [0.717, 1.165) is 16.5 Å². The summed E-state index contributed by atoms with van der Waals surface area (Å²) < 4.78 is 13.7. The van der Waals surface area contributed by atoms with Crippen LogP contribution in [0.1, 0.15) is 5.56 Å². The lowest BCUT2D eigenvalue weighted by Gasteiger charge is -2.08. The van der Waals surface area contributed by atoms with Crippen molar-refractivity contribution in [3.05, 3.63) is 84.4 Å². The van der Waals surface area contributed by atoms with E-state index in [-0.39, 0.29) is 5.82 Å². The first-order valence-corrected chi connectivity index (χ1v) is 8.02. The van der Waals surface area contributed by atoms with Crippen LogP contribution in [-0.4, -0.2) is 21.2 Å². The van der Waals surface area contributed by atoms with Gasteiger partial charge >= 0.3 is 0 Å². The summed E-state index contributed by atoms with van der Waals surface area (Å²) in [6, 6.07) is 17.8. The molecule has 4 rings (SSSR count). The zero-order valence-electron chi connectivity index (χ0n) is 13.7. The van der Waals surface area contributed by atoms with Crippen LogP contribution in [0.15, 0.2) is 78.2 Å². The highest BCUT2D eigenvalue weighted by molar-refractivity contribution is 5.91. The van der Waals surface area contributed by atoms with Gasteiger partial charge in [-0.2, -0.15) is 5.10 Å². The van der Waals surface area contributed by atoms with Crippen molar-refractivity contribution in [3.63, 3.8) is 0 Å². The molecule has 2 heterocycles. The maximum Gasteiger partial charge on any atom is 0.163 e. The zero-order chi connectivity index (χ0) is 17.8. The van der Waals surface area contributed by atoms with E-state index in [4.69, 9.17) is 0 Å². The lowest BCUT2D eigenvalue weighted by atomic mass is 10.2. The number of nitrogens with zero attached hydrogens (tertiary/aromatic N) is 4. The third-order valence-corrected chi connectivity index (χ3v) is 3.80. The van der Waals surface area contributed by atoms with Gasteiger partial charge in [-0.3, -0.25) is 10.4 Å². The maximum atomic E-state index is 13.7. The number of benzene rings is 2. The van der Waals surface area contributed by atoms with Crippen LogP contribution in [0.25, 0.3) is 22.3 Å². The number of rotatable bonds is 4. The first kappa shape index (κ1) is 15.8. The number of pyridine rings is 1. The van der Waals surface area contributed by atoms with Gasteiger partial charge in [0.1, 0.15) is 5.82 Å². The molecule has 4 aromatic rings. The molecule has 5 nitrogen and oxygen atoms in total. The van der Waals surface area contributed by atoms with Gasteiger partial charge in [0, 0.05) is 28.9 Å². The molecule has 0 fully saturated rings. The summed E-state index contributed by atoms with van der Waals surface area (Å²) in [4.78, 5) is 13.2. The summed E-state index contributed by atoms with van der Waals surface area (Å²) in [6.07, 6.45) is 4.83. The SMILES string of the molecule is Fc1ccccc1C=NNc1nc(-c2cccnc2)nc2ccccc12. The molecule has 26 heavy (non-hydrogen) atoms. The minimum absolute atomic E-state index is 0.332. The number of halogens is 1. The molecule has 0 saturated heterocycles. The molecule has 2 aromatic heterocycles. The van der Waals surface area contributed by atoms with E-state index in [2.05, 4.69) is 25.5 Å². The van der Waals surface area contributed by atoms with Crippen molar-refractivity contribution in [1.82, 2.24) is 15.0 Å². The summed E-state index contributed by atoms with van der Waals surface area (Å²) in [5.41, 5.74) is 4.89. The third kappa shape index (κ3) is 3.25. The van der Waals surface area contributed by atoms with E-state index in [1.165, 1.54) is 12.3 Å². The average Bonchev–Trinajstić information content (AvgIpc) is 2.70. The molecular weight excluding hydrogens is 329 g/mol. The van der Waals surface area contributed by atoms with E-state index in [9.17, 15) is 4.39 Å². The Hall–Kier alpha value is -3.67. The van der Waals surface area contributed by atoms with Crippen LogP contribution in [0, 0.1) is 5.82 Å². The fourth-order valence-electron chi connectivity index (χ4n) is 2.53. The van der Waals surface area contributed by atoms with Crippen molar-refractivity contribution < 1.29 is 4.39 Å². The quantitative estimate of drug-likeness (QED) is 0.444. The second-order valence-corrected chi connectivity index (χ2v) is 5.55. The van der Waals surface area contributed by atoms with Gasteiger partial charge in [-0.15, -0.1) is 0 Å². The fourth-order valence-corrected chi connectivity index (χ4v) is 2.53. The van der Waals surface area contributed by atoms with E-state index in [1.807, 2.05) is 36.4 Å². The molecule has 0 spiro atoms. The van der Waals surface area contributed by atoms with Gasteiger partial charge in [-0.1, -0.05) is 30.3 Å². The second-order valence-electron chi connectivity index (χ2n) is 5.55. The predicted octanol–water partition coefficient (Wildman–Crippen LogP) is 4.28. The Bertz CT molecular complexity index is 1080. The lowest BCUT2D eigenvalue weighted by molar-refractivity contribution is 0.626. The second kappa shape index (κ2) is 7.06. The van der Waals surface area contributed by atoms with Crippen LogP contribution in [-0.2, 0) is 0 Å². The Morgan fingerprint density at radius 3 is 2.62 bits per heavy atom. The number of nitrogens with one attached hydrogen (secondary N) is 1. The molecule has 0 unspecified atom stereocenters. The Kier molecular flexibility index (Phi) is 4.30. The Morgan fingerprint density at radius 1 is 0.923 bits per heavy atom. The molecule has 0 amide bonds. The molecule has 0 aliphatic heterocycles. The summed E-state index contributed by atoms with van der Waals surface area (Å²) in [5.74, 6) is 0.754. The predicted molar refractivity (Wildman–Crippen MR) is 100 cm³/mol. The molecule has 1 N–H and O–H groups in total. The molecule has 2 aromatic carbocycles. The van der Waals surface area contributed by atoms with Gasteiger partial charge in [0.05, 0.1) is 11.7 Å². The Morgan fingerprint density at radius 2 is 1.77 bits per heavy atom. The minimum atomic E-state index is -0.332. The van der Waals surface area contributed by atoms with E-state index in [1.54, 1.807) is 30.6 Å². The van der Waals surface area contributed by atoms with Gasteiger partial charge in [0.2, 0.25) is 0 Å². The molecule has 0 bridgehead atoms. The van der Waals surface area contributed by atoms with Crippen molar-refractivity contribution in [2.45, 2.75) is 0 Å². The van der Waals surface area contributed by atoms with Crippen LogP contribution in [0.2, 0.25) is 0 Å². The first-order valence-electron chi connectivity index (χ1n) is 8.02. The summed E-state index contributed by atoms with van der Waals surface area (Å²) in [7, 11) is 0. The minimum Gasteiger partial charge on any atom is -0.264 e. The van der Waals surface area contributed by atoms with Crippen LogP contribution in [0.5, 0.6) is 0 Å². The number of fused-ring (bicyclic) bond motifs is 1. The Balaban J connectivity index is 1.73. The van der Waals surface area contributed by atoms with Gasteiger partial charge in [0.15, 0.2) is 11.6 Å². The van der Waals surface area contributed by atoms with Crippen molar-refractivity contribution >= 4 is 22.9 Å². The molecule has 0 saturated carbocycles. The molecule has 6 heteroatoms. The van der Waals surface area contributed by atoms with Gasteiger partial charge in [0.25, 0.3) is 0 Å². The fraction of sp³-hybridized carbons (Fsp3) is 0. The van der Waals surface area contributed by atoms with Crippen molar-refractivity contribution in [3.8, 4) is 11.4 Å². The van der Waals surface area contributed by atoms with Crippen molar-refractivity contribution in [2.24, 2.45) is 5.10 Å². The molecular formula is C20H14FN5. The molecule has 126 valence electrons. The van der Waals surface area contributed by atoms with E-state index < -0.39 is 0 Å². The third-order valence-electron chi connectivity index (χ3n) is 3.80.